The summed E-state index contributed by atoms with van der Waals surface area (Å²) in [4.78, 5) is 4.22. The molecule has 0 heterocycles. The molecule has 0 aliphatic rings. The van der Waals surface area contributed by atoms with Crippen molar-refractivity contribution in [2.24, 2.45) is 4.99 Å². The quantitative estimate of drug-likeness (QED) is 0.612. The van der Waals surface area contributed by atoms with Gasteiger partial charge in [-0.3, -0.25) is 4.99 Å². The molecular weight excluding hydrogens is 238 g/mol. The number of rotatable bonds is 4. The van der Waals surface area contributed by atoms with Crippen LogP contribution in [0.15, 0.2) is 17.1 Å². The summed E-state index contributed by atoms with van der Waals surface area (Å²) in [5, 5.41) is 0.891. The molecule has 0 fully saturated rings. The number of benzene rings is 1. The van der Waals surface area contributed by atoms with Crippen LogP contribution in [0.4, 0.5) is 0 Å². The fourth-order valence-corrected chi connectivity index (χ4v) is 2.08. The Morgan fingerprint density at radius 3 is 1.94 bits per heavy atom. The molecule has 0 radical (unpaired) electrons. The number of ether oxygens (including phenoxy) is 3. The molecule has 17 heavy (non-hydrogen) atoms. The Labute approximate surface area is 106 Å². The average molecular weight is 255 g/mol. The summed E-state index contributed by atoms with van der Waals surface area (Å²) in [6.45, 7) is 0. The van der Waals surface area contributed by atoms with E-state index in [2.05, 4.69) is 4.99 Å². The third-order valence-electron chi connectivity index (χ3n) is 2.33. The lowest BCUT2D eigenvalue weighted by molar-refractivity contribution is 0.349. The molecule has 5 heteroatoms. The minimum atomic E-state index is 0.643. The van der Waals surface area contributed by atoms with Gasteiger partial charge in [-0.05, 0) is 12.3 Å². The van der Waals surface area contributed by atoms with Gasteiger partial charge in [0.15, 0.2) is 11.5 Å². The fraction of sp³-hybridized carbons (Fsp3) is 0.417. The van der Waals surface area contributed by atoms with E-state index in [0.29, 0.717) is 11.5 Å². The number of hydrogen-bond acceptors (Lipinski definition) is 5. The van der Waals surface area contributed by atoms with Crippen molar-refractivity contribution in [3.8, 4) is 17.2 Å². The number of methoxy groups -OCH3 is 3. The highest BCUT2D eigenvalue weighted by Crippen LogP contribution is 2.36. The van der Waals surface area contributed by atoms with Crippen LogP contribution < -0.4 is 14.2 Å². The highest BCUT2D eigenvalue weighted by atomic mass is 32.2. The maximum atomic E-state index is 5.34. The zero-order chi connectivity index (χ0) is 12.8. The molecule has 1 rings (SSSR count). The Bertz CT molecular complexity index is 418. The van der Waals surface area contributed by atoms with Crippen molar-refractivity contribution >= 4 is 16.8 Å². The summed E-state index contributed by atoms with van der Waals surface area (Å²) in [6.07, 6.45) is 1.97. The maximum Gasteiger partial charge on any atom is 0.164 e. The third kappa shape index (κ3) is 2.85. The normalized spacial score (nSPS) is 11.2. The van der Waals surface area contributed by atoms with Crippen molar-refractivity contribution in [3.63, 3.8) is 0 Å². The van der Waals surface area contributed by atoms with Gasteiger partial charge in [-0.2, -0.15) is 0 Å². The fourth-order valence-electron chi connectivity index (χ4n) is 1.52. The molecule has 0 aliphatic heterocycles. The van der Waals surface area contributed by atoms with Crippen molar-refractivity contribution in [1.29, 1.82) is 0 Å². The molecule has 94 valence electrons. The predicted molar refractivity (Wildman–Crippen MR) is 72.1 cm³/mol. The smallest absolute Gasteiger partial charge is 0.164 e. The maximum absolute atomic E-state index is 5.34. The first-order chi connectivity index (χ1) is 8.21. The van der Waals surface area contributed by atoms with E-state index in [1.54, 1.807) is 46.2 Å². The topological polar surface area (TPSA) is 40.0 Å². The van der Waals surface area contributed by atoms with Crippen molar-refractivity contribution in [2.75, 3.05) is 34.6 Å². The molecule has 0 aliphatic carbocycles. The van der Waals surface area contributed by atoms with Gasteiger partial charge in [0.25, 0.3) is 0 Å². The van der Waals surface area contributed by atoms with Gasteiger partial charge in [0, 0.05) is 13.1 Å². The summed E-state index contributed by atoms with van der Waals surface area (Å²) >= 11 is 1.56. The van der Waals surface area contributed by atoms with Gasteiger partial charge in [-0.1, -0.05) is 0 Å². The first-order valence-electron chi connectivity index (χ1n) is 5.03. The van der Waals surface area contributed by atoms with Crippen molar-refractivity contribution in [3.05, 3.63) is 17.7 Å². The largest absolute Gasteiger partial charge is 0.496 e. The zero-order valence-electron chi connectivity index (χ0n) is 10.7. The lowest BCUT2D eigenvalue weighted by atomic mass is 10.2. The van der Waals surface area contributed by atoms with E-state index in [9.17, 15) is 0 Å². The van der Waals surface area contributed by atoms with E-state index in [1.165, 1.54) is 0 Å². The molecule has 0 saturated heterocycles. The zero-order valence-corrected chi connectivity index (χ0v) is 11.6. The minimum absolute atomic E-state index is 0.643. The Hall–Kier alpha value is -1.36. The van der Waals surface area contributed by atoms with Crippen LogP contribution in [0, 0.1) is 0 Å². The van der Waals surface area contributed by atoms with Gasteiger partial charge in [0.1, 0.15) is 10.8 Å². The Morgan fingerprint density at radius 2 is 1.53 bits per heavy atom. The molecule has 4 nitrogen and oxygen atoms in total. The average Bonchev–Trinajstić information content (AvgIpc) is 2.39. The predicted octanol–water partition coefficient (Wildman–Crippen LogP) is 2.45. The molecule has 0 aromatic heterocycles. The molecule has 0 unspecified atom stereocenters. The monoisotopic (exact) mass is 255 g/mol. The minimum Gasteiger partial charge on any atom is -0.496 e. The van der Waals surface area contributed by atoms with Gasteiger partial charge in [-0.25, -0.2) is 0 Å². The highest BCUT2D eigenvalue weighted by molar-refractivity contribution is 8.13. The summed E-state index contributed by atoms with van der Waals surface area (Å²) in [5.41, 5.74) is 0.903. The van der Waals surface area contributed by atoms with Gasteiger partial charge in [0.05, 0.1) is 26.9 Å². The summed E-state index contributed by atoms with van der Waals surface area (Å²) in [5.74, 6) is 2.03. The summed E-state index contributed by atoms with van der Waals surface area (Å²) in [6, 6.07) is 3.67. The van der Waals surface area contributed by atoms with Gasteiger partial charge < -0.3 is 14.2 Å². The lowest BCUT2D eigenvalue weighted by Crippen LogP contribution is -2.01. The van der Waals surface area contributed by atoms with Crippen molar-refractivity contribution in [2.45, 2.75) is 0 Å². The van der Waals surface area contributed by atoms with E-state index < -0.39 is 0 Å². The second kappa shape index (κ2) is 6.39. The third-order valence-corrected chi connectivity index (χ3v) is 3.12. The first-order valence-corrected chi connectivity index (χ1v) is 6.25. The van der Waals surface area contributed by atoms with Crippen molar-refractivity contribution in [1.82, 2.24) is 0 Å². The van der Waals surface area contributed by atoms with Crippen molar-refractivity contribution < 1.29 is 14.2 Å². The van der Waals surface area contributed by atoms with E-state index in [1.807, 2.05) is 12.3 Å². The van der Waals surface area contributed by atoms with Crippen LogP contribution in [0.2, 0.25) is 0 Å². The molecule has 0 atom stereocenters. The molecule has 1 aromatic rings. The molecule has 0 N–H and O–H groups in total. The van der Waals surface area contributed by atoms with E-state index in [0.717, 1.165) is 16.4 Å². The summed E-state index contributed by atoms with van der Waals surface area (Å²) in [7, 11) is 6.58. The molecule has 0 saturated carbocycles. The Balaban J connectivity index is 3.38. The number of aliphatic imine (C=N–C) groups is 1. The molecule has 0 bridgehead atoms. The van der Waals surface area contributed by atoms with Crippen LogP contribution >= 0.6 is 11.8 Å². The van der Waals surface area contributed by atoms with Gasteiger partial charge >= 0.3 is 0 Å². The van der Waals surface area contributed by atoms with Crippen LogP contribution in [0.25, 0.3) is 0 Å². The van der Waals surface area contributed by atoms with Crippen LogP contribution in [0.1, 0.15) is 5.56 Å². The first kappa shape index (κ1) is 13.7. The van der Waals surface area contributed by atoms with Crippen LogP contribution in [-0.4, -0.2) is 39.7 Å². The van der Waals surface area contributed by atoms with Crippen LogP contribution in [-0.2, 0) is 0 Å². The highest BCUT2D eigenvalue weighted by Gasteiger charge is 2.15. The van der Waals surface area contributed by atoms with Gasteiger partial charge in [-0.15, -0.1) is 11.8 Å². The van der Waals surface area contributed by atoms with Crippen LogP contribution in [0.3, 0.4) is 0 Å². The van der Waals surface area contributed by atoms with Gasteiger partial charge in [0.2, 0.25) is 0 Å². The molecule has 1 aromatic carbocycles. The van der Waals surface area contributed by atoms with E-state index in [4.69, 9.17) is 14.2 Å². The molecule has 0 amide bonds. The summed E-state index contributed by atoms with van der Waals surface area (Å²) < 4.78 is 15.8. The Morgan fingerprint density at radius 1 is 1.00 bits per heavy atom. The van der Waals surface area contributed by atoms with E-state index >= 15 is 0 Å². The lowest BCUT2D eigenvalue weighted by Gasteiger charge is -2.14. The molecular formula is C12H17NO3S. The molecule has 0 spiro atoms. The van der Waals surface area contributed by atoms with Crippen LogP contribution in [0.5, 0.6) is 17.2 Å². The second-order valence-electron chi connectivity index (χ2n) is 3.14. The van der Waals surface area contributed by atoms with E-state index in [-0.39, 0.29) is 0 Å². The number of thioether (sulfide) groups is 1. The standard InChI is InChI=1S/C12H17NO3S/c1-13-12(17-5)8-6-10(15-3)11(16-4)7-9(8)14-2/h6-7H,1-5H3. The Kier molecular flexibility index (Phi) is 5.15. The number of nitrogens with zero attached hydrogens (tertiary/aromatic N) is 1. The second-order valence-corrected chi connectivity index (χ2v) is 3.94. The number of hydrogen-bond donors (Lipinski definition) is 0. The SMILES string of the molecule is CN=C(SC)c1cc(OC)c(OC)cc1OC.